The van der Waals surface area contributed by atoms with Crippen molar-refractivity contribution in [2.75, 3.05) is 0 Å². The zero-order valence-electron chi connectivity index (χ0n) is 30.8. The number of nitrogens with zero attached hydrogens (tertiary/aromatic N) is 1. The van der Waals surface area contributed by atoms with Crippen molar-refractivity contribution < 1.29 is 4.42 Å². The lowest BCUT2D eigenvalue weighted by Gasteiger charge is -2.16. The molecule has 0 saturated carbocycles. The first kappa shape index (κ1) is 33.8. The molecule has 1 heterocycles. The first-order valence-electron chi connectivity index (χ1n) is 18.7. The van der Waals surface area contributed by atoms with E-state index in [9.17, 15) is 0 Å². The monoisotopic (exact) mass is 705 g/mol. The maximum Gasteiger partial charge on any atom is 0.136 e. The maximum atomic E-state index is 6.45. The average Bonchev–Trinajstić information content (AvgIpc) is 3.62. The van der Waals surface area contributed by atoms with Crippen molar-refractivity contribution in [1.82, 2.24) is 0 Å². The van der Waals surface area contributed by atoms with Gasteiger partial charge in [0.2, 0.25) is 0 Å². The Hall–Kier alpha value is -7.03. The number of fused-ring (bicyclic) bond motifs is 5. The maximum absolute atomic E-state index is 6.45. The SMILES string of the molecule is C=C/C(=C(/C)CC(=NC(=C)c1c(-c2cccc(-c3ccccc3)c2)ccc2oc3ccccc3c12)c1ccc2ccccc2c1)c1ccc2ccccc2c1. The molecule has 0 aliphatic heterocycles. The van der Waals surface area contributed by atoms with Gasteiger partial charge in [-0.1, -0.05) is 164 Å². The van der Waals surface area contributed by atoms with Crippen LogP contribution in [0.2, 0.25) is 0 Å². The van der Waals surface area contributed by atoms with Gasteiger partial charge in [0.1, 0.15) is 11.2 Å². The van der Waals surface area contributed by atoms with E-state index in [2.05, 4.69) is 177 Å². The highest BCUT2D eigenvalue weighted by Crippen LogP contribution is 2.42. The number of benzene rings is 8. The third kappa shape index (κ3) is 6.49. The second kappa shape index (κ2) is 14.4. The van der Waals surface area contributed by atoms with Crippen molar-refractivity contribution in [2.24, 2.45) is 4.99 Å². The smallest absolute Gasteiger partial charge is 0.136 e. The van der Waals surface area contributed by atoms with E-state index in [0.717, 1.165) is 66.6 Å². The molecule has 0 atom stereocenters. The van der Waals surface area contributed by atoms with E-state index in [0.29, 0.717) is 12.1 Å². The molecule has 0 aliphatic rings. The van der Waals surface area contributed by atoms with Gasteiger partial charge in [-0.05, 0) is 104 Å². The molecule has 0 saturated heterocycles. The highest BCUT2D eigenvalue weighted by Gasteiger charge is 2.20. The highest BCUT2D eigenvalue weighted by molar-refractivity contribution is 6.15. The van der Waals surface area contributed by atoms with Gasteiger partial charge in [0.05, 0.1) is 11.4 Å². The summed E-state index contributed by atoms with van der Waals surface area (Å²) in [5.74, 6) is 0. The summed E-state index contributed by atoms with van der Waals surface area (Å²) in [5.41, 5.74) is 13.2. The molecule has 0 N–H and O–H groups in total. The standard InChI is InChI=1S/C53H39NO/c1-4-46(44-27-25-38-17-8-10-19-40(38)33-44)35(2)31-49(45-28-26-39-18-9-11-20-41(39)34-45)54-36(3)52-47(29-30-51-53(52)48-23-12-13-24-50(48)55-51)43-22-14-21-42(32-43)37-15-6-5-7-16-37/h4-30,32-34H,1,3,31H2,2H3/b46-35+,54-49?. The molecule has 9 aromatic rings. The number of allylic oxidation sites excluding steroid dienone is 3. The Kier molecular flexibility index (Phi) is 8.86. The lowest BCUT2D eigenvalue weighted by Crippen LogP contribution is -2.04. The number of para-hydroxylation sites is 1. The zero-order chi connectivity index (χ0) is 37.3. The van der Waals surface area contributed by atoms with Crippen LogP contribution >= 0.6 is 0 Å². The van der Waals surface area contributed by atoms with Gasteiger partial charge in [-0.25, -0.2) is 0 Å². The Morgan fingerprint density at radius 1 is 0.564 bits per heavy atom. The molecule has 0 amide bonds. The predicted molar refractivity (Wildman–Crippen MR) is 235 cm³/mol. The highest BCUT2D eigenvalue weighted by atomic mass is 16.3. The average molecular weight is 706 g/mol. The van der Waals surface area contributed by atoms with Crippen LogP contribution in [0.1, 0.15) is 30.0 Å². The molecule has 9 rings (SSSR count). The first-order chi connectivity index (χ1) is 27.0. The van der Waals surface area contributed by atoms with Crippen molar-refractivity contribution in [3.8, 4) is 22.3 Å². The Morgan fingerprint density at radius 3 is 1.93 bits per heavy atom. The second-order valence-electron chi connectivity index (χ2n) is 14.1. The van der Waals surface area contributed by atoms with Crippen LogP contribution in [0, 0.1) is 0 Å². The van der Waals surface area contributed by atoms with Crippen LogP contribution in [0.15, 0.2) is 210 Å². The predicted octanol–water partition coefficient (Wildman–Crippen LogP) is 14.7. The largest absolute Gasteiger partial charge is 0.456 e. The van der Waals surface area contributed by atoms with E-state index < -0.39 is 0 Å². The molecule has 2 nitrogen and oxygen atoms in total. The summed E-state index contributed by atoms with van der Waals surface area (Å²) in [6.45, 7) is 11.2. The van der Waals surface area contributed by atoms with Gasteiger partial charge in [-0.3, -0.25) is 4.99 Å². The Labute approximate surface area is 321 Å². The van der Waals surface area contributed by atoms with Crippen LogP contribution in [0.4, 0.5) is 0 Å². The molecule has 0 bridgehead atoms. The second-order valence-corrected chi connectivity index (χ2v) is 14.1. The fourth-order valence-electron chi connectivity index (χ4n) is 7.89. The summed E-state index contributed by atoms with van der Waals surface area (Å²) in [4.78, 5) is 5.54. The van der Waals surface area contributed by atoms with Crippen LogP contribution in [0.25, 0.3) is 77.0 Å². The van der Waals surface area contributed by atoms with Crippen molar-refractivity contribution in [3.05, 3.63) is 217 Å². The minimum atomic E-state index is 0.604. The van der Waals surface area contributed by atoms with E-state index in [1.165, 1.54) is 32.7 Å². The molecule has 0 fully saturated rings. The fraction of sp³-hybridized carbons (Fsp3) is 0.0377. The molecule has 2 heteroatoms. The zero-order valence-corrected chi connectivity index (χ0v) is 30.8. The minimum Gasteiger partial charge on any atom is -0.456 e. The van der Waals surface area contributed by atoms with Gasteiger partial charge < -0.3 is 4.42 Å². The van der Waals surface area contributed by atoms with Gasteiger partial charge in [0.25, 0.3) is 0 Å². The molecule has 262 valence electrons. The molecular weight excluding hydrogens is 667 g/mol. The molecule has 0 unspecified atom stereocenters. The molecule has 0 spiro atoms. The van der Waals surface area contributed by atoms with Crippen LogP contribution in [-0.2, 0) is 0 Å². The van der Waals surface area contributed by atoms with Crippen molar-refractivity contribution in [2.45, 2.75) is 13.3 Å². The Balaban J connectivity index is 1.24. The van der Waals surface area contributed by atoms with E-state index in [1.807, 2.05) is 18.2 Å². The van der Waals surface area contributed by atoms with Gasteiger partial charge in [-0.15, -0.1) is 0 Å². The molecule has 8 aromatic carbocycles. The summed E-state index contributed by atoms with van der Waals surface area (Å²) in [7, 11) is 0. The van der Waals surface area contributed by atoms with Crippen molar-refractivity contribution in [3.63, 3.8) is 0 Å². The third-order valence-electron chi connectivity index (χ3n) is 10.6. The van der Waals surface area contributed by atoms with E-state index in [-0.39, 0.29) is 0 Å². The van der Waals surface area contributed by atoms with E-state index in [4.69, 9.17) is 16.0 Å². The molecule has 0 radical (unpaired) electrons. The minimum absolute atomic E-state index is 0.604. The summed E-state index contributed by atoms with van der Waals surface area (Å²) in [5, 5.41) is 6.83. The molecule has 1 aromatic heterocycles. The molecule has 0 aliphatic carbocycles. The Morgan fingerprint density at radius 2 is 1.18 bits per heavy atom. The van der Waals surface area contributed by atoms with Gasteiger partial charge in [0, 0.05) is 22.8 Å². The van der Waals surface area contributed by atoms with Gasteiger partial charge in [0.15, 0.2) is 0 Å². The lowest BCUT2D eigenvalue weighted by atomic mass is 9.91. The quantitative estimate of drug-likeness (QED) is 0.108. The summed E-state index contributed by atoms with van der Waals surface area (Å²) < 4.78 is 6.45. The molecular formula is C53H39NO. The number of furan rings is 1. The van der Waals surface area contributed by atoms with Crippen LogP contribution < -0.4 is 0 Å². The summed E-state index contributed by atoms with van der Waals surface area (Å²) in [6, 6.07) is 61.9. The number of rotatable bonds is 9. The number of aliphatic imine (C=N–C) groups is 1. The summed E-state index contributed by atoms with van der Waals surface area (Å²) >= 11 is 0. The normalized spacial score (nSPS) is 12.3. The van der Waals surface area contributed by atoms with Crippen LogP contribution in [0.3, 0.4) is 0 Å². The number of hydrogen-bond donors (Lipinski definition) is 0. The Bertz CT molecular complexity index is 2990. The lowest BCUT2D eigenvalue weighted by molar-refractivity contribution is 0.669. The van der Waals surface area contributed by atoms with Crippen LogP contribution in [0.5, 0.6) is 0 Å². The first-order valence-corrected chi connectivity index (χ1v) is 18.7. The van der Waals surface area contributed by atoms with E-state index in [1.54, 1.807) is 0 Å². The van der Waals surface area contributed by atoms with Crippen LogP contribution in [-0.4, -0.2) is 5.71 Å². The van der Waals surface area contributed by atoms with Crippen molar-refractivity contribution in [1.29, 1.82) is 0 Å². The van der Waals surface area contributed by atoms with E-state index >= 15 is 0 Å². The topological polar surface area (TPSA) is 25.5 Å². The van der Waals surface area contributed by atoms with Crippen molar-refractivity contribution >= 4 is 60.5 Å². The number of hydrogen-bond acceptors (Lipinski definition) is 2. The molecule has 55 heavy (non-hydrogen) atoms. The van der Waals surface area contributed by atoms with Gasteiger partial charge in [-0.2, -0.15) is 0 Å². The third-order valence-corrected chi connectivity index (χ3v) is 10.6. The van der Waals surface area contributed by atoms with Gasteiger partial charge >= 0.3 is 0 Å². The fourth-order valence-corrected chi connectivity index (χ4v) is 7.89. The summed E-state index contributed by atoms with van der Waals surface area (Å²) in [6.07, 6.45) is 2.58.